The van der Waals surface area contributed by atoms with Crippen molar-refractivity contribution in [1.82, 2.24) is 0 Å². The Morgan fingerprint density at radius 2 is 0.837 bits per heavy atom. The minimum atomic E-state index is -1.10. The first-order valence-electron chi connectivity index (χ1n) is 15.0. The fourth-order valence-electron chi connectivity index (χ4n) is 3.34. The molecule has 2 aromatic rings. The van der Waals surface area contributed by atoms with Gasteiger partial charge >= 0.3 is 35.8 Å². The van der Waals surface area contributed by atoms with E-state index < -0.39 is 53.9 Å². The molecule has 0 heterocycles. The summed E-state index contributed by atoms with van der Waals surface area (Å²) in [6, 6.07) is 11.8. The van der Waals surface area contributed by atoms with Crippen molar-refractivity contribution >= 4 is 35.8 Å². The lowest BCUT2D eigenvalue weighted by molar-refractivity contribution is -0.153. The van der Waals surface area contributed by atoms with Crippen molar-refractivity contribution in [2.75, 3.05) is 26.4 Å². The van der Waals surface area contributed by atoms with Gasteiger partial charge in [0, 0.05) is 16.7 Å². The number of carbonyl (C=O) groups excluding carboxylic acids is 6. The summed E-state index contributed by atoms with van der Waals surface area (Å²) in [5, 5.41) is 0. The monoisotopic (exact) mass is 680 g/mol. The van der Waals surface area contributed by atoms with Gasteiger partial charge in [0.15, 0.2) is 12.2 Å². The minimum Gasteiger partial charge on any atom is -0.461 e. The number of rotatable bonds is 18. The Balaban J connectivity index is 2.03. The average Bonchev–Trinajstić information content (AvgIpc) is 3.06. The molecule has 13 nitrogen and oxygen atoms in total. The van der Waals surface area contributed by atoms with E-state index in [1.165, 1.54) is 69.3 Å². The van der Waals surface area contributed by atoms with Crippen LogP contribution in [-0.4, -0.2) is 74.5 Å². The first-order chi connectivity index (χ1) is 23.1. The van der Waals surface area contributed by atoms with Gasteiger partial charge in [-0.3, -0.25) is 4.79 Å². The van der Waals surface area contributed by atoms with E-state index in [0.717, 1.165) is 0 Å². The van der Waals surface area contributed by atoms with Crippen molar-refractivity contribution in [2.24, 2.45) is 5.92 Å². The lowest BCUT2D eigenvalue weighted by Crippen LogP contribution is -2.31. The molecule has 0 amide bonds. The Bertz CT molecular complexity index is 1520. The summed E-state index contributed by atoms with van der Waals surface area (Å²) in [6.07, 6.45) is -2.16. The molecule has 0 aliphatic heterocycles. The highest BCUT2D eigenvalue weighted by Gasteiger charge is 2.23. The molecular formula is C36H40O13. The average molecular weight is 681 g/mol. The summed E-state index contributed by atoms with van der Waals surface area (Å²) < 4.78 is 37.0. The van der Waals surface area contributed by atoms with Gasteiger partial charge in [0.25, 0.3) is 0 Å². The van der Waals surface area contributed by atoms with Crippen LogP contribution in [-0.2, 0) is 47.6 Å². The van der Waals surface area contributed by atoms with Gasteiger partial charge in [0.05, 0.1) is 17.0 Å². The van der Waals surface area contributed by atoms with E-state index in [1.54, 1.807) is 13.8 Å². The second-order valence-corrected chi connectivity index (χ2v) is 11.1. The number of ether oxygens (including phenoxy) is 7. The zero-order valence-electron chi connectivity index (χ0n) is 28.1. The number of carbonyl (C=O) groups is 6. The zero-order chi connectivity index (χ0) is 36.7. The number of hydrogen-bond donors (Lipinski definition) is 0. The maximum Gasteiger partial charge on any atom is 0.338 e. The second kappa shape index (κ2) is 19.2. The van der Waals surface area contributed by atoms with Gasteiger partial charge in [-0.05, 0) is 69.3 Å². The van der Waals surface area contributed by atoms with Gasteiger partial charge in [0.1, 0.15) is 37.9 Å². The molecule has 0 bridgehead atoms. The van der Waals surface area contributed by atoms with Crippen LogP contribution in [0.1, 0.15) is 55.3 Å². The summed E-state index contributed by atoms with van der Waals surface area (Å²) >= 11 is 0. The molecule has 0 spiro atoms. The molecule has 0 fully saturated rings. The molecule has 0 saturated heterocycles. The van der Waals surface area contributed by atoms with E-state index >= 15 is 0 Å². The van der Waals surface area contributed by atoms with Gasteiger partial charge in [-0.25, -0.2) is 24.0 Å². The first kappa shape index (κ1) is 39.5. The van der Waals surface area contributed by atoms with Gasteiger partial charge in [0.2, 0.25) is 0 Å². The largest absolute Gasteiger partial charge is 0.461 e. The highest BCUT2D eigenvalue weighted by atomic mass is 16.6. The molecule has 0 radical (unpaired) electrons. The molecule has 0 saturated carbocycles. The van der Waals surface area contributed by atoms with Crippen molar-refractivity contribution in [3.8, 4) is 11.5 Å². The van der Waals surface area contributed by atoms with Crippen molar-refractivity contribution in [2.45, 2.75) is 46.8 Å². The van der Waals surface area contributed by atoms with Crippen molar-refractivity contribution in [3.05, 3.63) is 96.1 Å². The van der Waals surface area contributed by atoms with Crippen LogP contribution in [0.25, 0.3) is 0 Å². The molecule has 0 aliphatic rings. The second-order valence-electron chi connectivity index (χ2n) is 11.1. The summed E-state index contributed by atoms with van der Waals surface area (Å²) in [5.74, 6) is -3.83. The Hall–Kier alpha value is -5.72. The molecule has 1 atom stereocenters. The van der Waals surface area contributed by atoms with Crippen LogP contribution in [0.3, 0.4) is 0 Å². The van der Waals surface area contributed by atoms with Crippen LogP contribution >= 0.6 is 0 Å². The lowest BCUT2D eigenvalue weighted by atomic mass is 10.2. The van der Waals surface area contributed by atoms with Crippen molar-refractivity contribution in [3.63, 3.8) is 0 Å². The van der Waals surface area contributed by atoms with E-state index in [0.29, 0.717) is 11.5 Å². The highest BCUT2D eigenvalue weighted by Crippen LogP contribution is 2.23. The summed E-state index contributed by atoms with van der Waals surface area (Å²) in [7, 11) is 0. The topological polar surface area (TPSA) is 167 Å². The number of benzene rings is 2. The van der Waals surface area contributed by atoms with Crippen LogP contribution in [0.5, 0.6) is 11.5 Å². The standard InChI is InChI=1S/C36H40O13/c1-21(2)31(37)43-17-29(18-44-32(38)22(3)4)48-35(41)25-9-13-27(14-10-25)47-28-15-11-26(12-16-28)36(42)49-30(19-45-33(39)23(5)6)20-46-34(40)24(7)8/h9-16,24,29-30H,1,3,5,17-20H2,2,4,6-8H3. The van der Waals surface area contributed by atoms with E-state index in [-0.39, 0.29) is 54.3 Å². The fraction of sp³-hybridized carbons (Fsp3) is 0.333. The molecule has 1 unspecified atom stereocenters. The Morgan fingerprint density at radius 3 is 1.12 bits per heavy atom. The molecule has 2 aromatic carbocycles. The van der Waals surface area contributed by atoms with E-state index in [2.05, 4.69) is 19.7 Å². The van der Waals surface area contributed by atoms with Crippen LogP contribution in [0.2, 0.25) is 0 Å². The van der Waals surface area contributed by atoms with Gasteiger partial charge < -0.3 is 33.2 Å². The number of esters is 6. The summed E-state index contributed by atoms with van der Waals surface area (Å²) in [5.41, 5.74) is 0.719. The molecule has 0 aliphatic carbocycles. The third kappa shape index (κ3) is 13.9. The first-order valence-corrected chi connectivity index (χ1v) is 15.0. The van der Waals surface area contributed by atoms with E-state index in [4.69, 9.17) is 33.2 Å². The summed E-state index contributed by atoms with van der Waals surface area (Å²) in [6.45, 7) is 16.7. The van der Waals surface area contributed by atoms with E-state index in [1.807, 2.05) is 0 Å². The number of hydrogen-bond acceptors (Lipinski definition) is 13. The van der Waals surface area contributed by atoms with Crippen LogP contribution in [0, 0.1) is 5.92 Å². The van der Waals surface area contributed by atoms with E-state index in [9.17, 15) is 28.8 Å². The predicted octanol–water partition coefficient (Wildman–Crippen LogP) is 5.09. The zero-order valence-corrected chi connectivity index (χ0v) is 28.1. The molecule has 2 rings (SSSR count). The fourth-order valence-corrected chi connectivity index (χ4v) is 3.34. The maximum absolute atomic E-state index is 12.8. The van der Waals surface area contributed by atoms with Crippen molar-refractivity contribution < 1.29 is 61.9 Å². The van der Waals surface area contributed by atoms with Gasteiger partial charge in [-0.1, -0.05) is 33.6 Å². The van der Waals surface area contributed by atoms with Crippen LogP contribution < -0.4 is 4.74 Å². The lowest BCUT2D eigenvalue weighted by Gasteiger charge is -2.19. The SMILES string of the molecule is C=C(C)C(=O)OCC(COC(=O)C(=C)C)OC(=O)c1ccc(Oc2ccc(C(=O)OC(COC(=O)C(=C)C)COC(=O)C(C)C)cc2)cc1. The molecule has 0 aromatic heterocycles. The van der Waals surface area contributed by atoms with Crippen molar-refractivity contribution in [1.29, 1.82) is 0 Å². The third-order valence-electron chi connectivity index (χ3n) is 6.09. The highest BCUT2D eigenvalue weighted by molar-refractivity contribution is 5.91. The van der Waals surface area contributed by atoms with Crippen LogP contribution in [0.15, 0.2) is 85.0 Å². The Kier molecular flexibility index (Phi) is 15.4. The Morgan fingerprint density at radius 1 is 0.531 bits per heavy atom. The molecular weight excluding hydrogens is 640 g/mol. The van der Waals surface area contributed by atoms with Gasteiger partial charge in [-0.15, -0.1) is 0 Å². The summed E-state index contributed by atoms with van der Waals surface area (Å²) in [4.78, 5) is 72.9. The molecule has 49 heavy (non-hydrogen) atoms. The predicted molar refractivity (Wildman–Crippen MR) is 174 cm³/mol. The van der Waals surface area contributed by atoms with Crippen LogP contribution in [0.4, 0.5) is 0 Å². The molecule has 0 N–H and O–H groups in total. The third-order valence-corrected chi connectivity index (χ3v) is 6.09. The maximum atomic E-state index is 12.8. The smallest absolute Gasteiger partial charge is 0.338 e. The van der Waals surface area contributed by atoms with Gasteiger partial charge in [-0.2, -0.15) is 0 Å². The normalized spacial score (nSPS) is 11.1. The quantitative estimate of drug-likeness (QED) is 0.116. The minimum absolute atomic E-state index is 0.135. The Labute approximate surface area is 284 Å². The molecule has 13 heteroatoms. The molecule has 262 valence electrons.